The Labute approximate surface area is 123 Å². The normalized spacial score (nSPS) is 22.4. The van der Waals surface area contributed by atoms with Crippen molar-refractivity contribution in [2.75, 3.05) is 27.4 Å². The maximum absolute atomic E-state index is 13.8. The summed E-state index contributed by atoms with van der Waals surface area (Å²) in [5.41, 5.74) is 5.56. The molecule has 0 saturated carbocycles. The molecule has 2 rings (SSSR count). The van der Waals surface area contributed by atoms with Gasteiger partial charge in [-0.05, 0) is 37.1 Å². The molecule has 1 aromatic rings. The molecule has 1 amide bonds. The van der Waals surface area contributed by atoms with Gasteiger partial charge in [0.25, 0.3) is 0 Å². The van der Waals surface area contributed by atoms with E-state index in [1.807, 2.05) is 4.90 Å². The van der Waals surface area contributed by atoms with Gasteiger partial charge in [-0.25, -0.2) is 4.39 Å². The maximum atomic E-state index is 13.8. The van der Waals surface area contributed by atoms with Crippen LogP contribution in [0, 0.1) is 5.82 Å². The zero-order valence-electron chi connectivity index (χ0n) is 12.4. The van der Waals surface area contributed by atoms with E-state index >= 15 is 0 Å². The first-order valence-electron chi connectivity index (χ1n) is 6.90. The molecular weight excluding hydrogens is 275 g/mol. The minimum atomic E-state index is -0.800. The lowest BCUT2D eigenvalue weighted by molar-refractivity contribution is -0.132. The van der Waals surface area contributed by atoms with Crippen LogP contribution in [0.4, 0.5) is 4.39 Å². The monoisotopic (exact) mass is 296 g/mol. The van der Waals surface area contributed by atoms with Crippen LogP contribution in [0.2, 0.25) is 0 Å². The molecule has 1 fully saturated rings. The molecule has 1 heterocycles. The molecular formula is C15H21FN2O3. The van der Waals surface area contributed by atoms with Gasteiger partial charge in [0.05, 0.1) is 13.7 Å². The maximum Gasteiger partial charge on any atom is 0.240 e. The topological polar surface area (TPSA) is 64.8 Å². The molecule has 6 heteroatoms. The average Bonchev–Trinajstić information content (AvgIpc) is 2.84. The molecule has 5 nitrogen and oxygen atoms in total. The number of ether oxygens (including phenoxy) is 2. The summed E-state index contributed by atoms with van der Waals surface area (Å²) in [6.45, 7) is 1.44. The number of likely N-dealkylation sites (tertiary alicyclic amines) is 1. The molecule has 0 spiro atoms. The van der Waals surface area contributed by atoms with Gasteiger partial charge in [0.2, 0.25) is 5.91 Å². The van der Waals surface area contributed by atoms with Gasteiger partial charge < -0.3 is 15.2 Å². The quantitative estimate of drug-likeness (QED) is 0.859. The number of rotatable bonds is 6. The Morgan fingerprint density at radius 1 is 1.48 bits per heavy atom. The van der Waals surface area contributed by atoms with Crippen molar-refractivity contribution in [3.63, 3.8) is 0 Å². The summed E-state index contributed by atoms with van der Waals surface area (Å²) in [6.07, 6.45) is 1.53. The van der Waals surface area contributed by atoms with Crippen molar-refractivity contribution in [1.29, 1.82) is 0 Å². The molecule has 0 radical (unpaired) electrons. The smallest absolute Gasteiger partial charge is 0.240 e. The highest BCUT2D eigenvalue weighted by Crippen LogP contribution is 2.31. The molecule has 1 aliphatic rings. The van der Waals surface area contributed by atoms with Crippen molar-refractivity contribution in [2.45, 2.75) is 24.9 Å². The van der Waals surface area contributed by atoms with Crippen LogP contribution in [0.3, 0.4) is 0 Å². The Bertz CT molecular complexity index is 524. The van der Waals surface area contributed by atoms with E-state index in [9.17, 15) is 9.18 Å². The molecule has 1 atom stereocenters. The summed E-state index contributed by atoms with van der Waals surface area (Å²) in [4.78, 5) is 13.9. The van der Waals surface area contributed by atoms with Crippen LogP contribution in [0.1, 0.15) is 18.4 Å². The first-order chi connectivity index (χ1) is 10.0. The number of benzene rings is 1. The predicted octanol–water partition coefficient (Wildman–Crippen LogP) is 1.30. The second-order valence-electron chi connectivity index (χ2n) is 5.32. The van der Waals surface area contributed by atoms with E-state index in [0.717, 1.165) is 18.5 Å². The number of hydrogen-bond acceptors (Lipinski definition) is 4. The number of nitrogens with two attached hydrogens (primary N) is 1. The fraction of sp³-hybridized carbons (Fsp3) is 0.533. The van der Waals surface area contributed by atoms with Gasteiger partial charge in [0.1, 0.15) is 5.54 Å². The minimum Gasteiger partial charge on any atom is -0.494 e. The molecule has 1 aliphatic heterocycles. The second kappa shape index (κ2) is 6.41. The lowest BCUT2D eigenvalue weighted by atomic mass is 9.95. The van der Waals surface area contributed by atoms with Gasteiger partial charge in [-0.2, -0.15) is 0 Å². The van der Waals surface area contributed by atoms with E-state index in [2.05, 4.69) is 0 Å². The van der Waals surface area contributed by atoms with Crippen molar-refractivity contribution in [1.82, 2.24) is 4.90 Å². The first kappa shape index (κ1) is 15.7. The Kier molecular flexibility index (Phi) is 4.80. The Balaban J connectivity index is 2.21. The highest BCUT2D eigenvalue weighted by atomic mass is 19.1. The average molecular weight is 296 g/mol. The standard InChI is InChI=1S/C15H21FN2O3/c1-20-10-15(14(17)19)6-3-7-18(15)9-11-4-5-13(21-2)12(16)8-11/h4-5,8H,3,6-7,9-10H2,1-2H3,(H2,17,19). The zero-order chi connectivity index (χ0) is 15.5. The first-order valence-corrected chi connectivity index (χ1v) is 6.90. The lowest BCUT2D eigenvalue weighted by Crippen LogP contribution is -2.56. The number of amides is 1. The number of methoxy groups -OCH3 is 2. The molecule has 0 aromatic heterocycles. The van der Waals surface area contributed by atoms with Crippen LogP contribution in [0.15, 0.2) is 18.2 Å². The molecule has 0 aliphatic carbocycles. The number of primary amides is 1. The molecule has 1 aromatic carbocycles. The van der Waals surface area contributed by atoms with Gasteiger partial charge >= 0.3 is 0 Å². The number of hydrogen-bond donors (Lipinski definition) is 1. The number of nitrogens with zero attached hydrogens (tertiary/aromatic N) is 1. The molecule has 2 N–H and O–H groups in total. The molecule has 1 saturated heterocycles. The Morgan fingerprint density at radius 2 is 2.24 bits per heavy atom. The van der Waals surface area contributed by atoms with Crippen molar-refractivity contribution in [2.24, 2.45) is 5.73 Å². The summed E-state index contributed by atoms with van der Waals surface area (Å²) < 4.78 is 23.9. The van der Waals surface area contributed by atoms with Crippen LogP contribution in [0.5, 0.6) is 5.75 Å². The van der Waals surface area contributed by atoms with Crippen LogP contribution in [0.25, 0.3) is 0 Å². The predicted molar refractivity (Wildman–Crippen MR) is 76.4 cm³/mol. The number of carbonyl (C=O) groups excluding carboxylic acids is 1. The summed E-state index contributed by atoms with van der Waals surface area (Å²) in [5.74, 6) is -0.598. The third kappa shape index (κ3) is 3.01. The van der Waals surface area contributed by atoms with E-state index in [4.69, 9.17) is 15.2 Å². The van der Waals surface area contributed by atoms with E-state index in [1.54, 1.807) is 19.2 Å². The van der Waals surface area contributed by atoms with Gasteiger partial charge in [0.15, 0.2) is 11.6 Å². The van der Waals surface area contributed by atoms with E-state index in [-0.39, 0.29) is 12.4 Å². The summed E-state index contributed by atoms with van der Waals surface area (Å²) in [7, 11) is 2.98. The largest absolute Gasteiger partial charge is 0.494 e. The van der Waals surface area contributed by atoms with Crippen molar-refractivity contribution >= 4 is 5.91 Å². The van der Waals surface area contributed by atoms with E-state index in [1.165, 1.54) is 13.2 Å². The van der Waals surface area contributed by atoms with Gasteiger partial charge in [0, 0.05) is 13.7 Å². The summed E-state index contributed by atoms with van der Waals surface area (Å²) in [5, 5.41) is 0. The van der Waals surface area contributed by atoms with Gasteiger partial charge in [-0.15, -0.1) is 0 Å². The van der Waals surface area contributed by atoms with Crippen LogP contribution in [-0.2, 0) is 16.1 Å². The summed E-state index contributed by atoms with van der Waals surface area (Å²) >= 11 is 0. The van der Waals surface area contributed by atoms with Gasteiger partial charge in [-0.1, -0.05) is 6.07 Å². The third-order valence-electron chi connectivity index (χ3n) is 4.06. The van der Waals surface area contributed by atoms with Crippen LogP contribution < -0.4 is 10.5 Å². The Hall–Kier alpha value is -1.66. The van der Waals surface area contributed by atoms with Crippen LogP contribution >= 0.6 is 0 Å². The molecule has 116 valence electrons. The number of carbonyl (C=O) groups is 1. The highest BCUT2D eigenvalue weighted by Gasteiger charge is 2.46. The van der Waals surface area contributed by atoms with Gasteiger partial charge in [-0.3, -0.25) is 9.69 Å². The van der Waals surface area contributed by atoms with Crippen LogP contribution in [-0.4, -0.2) is 43.7 Å². The molecule has 21 heavy (non-hydrogen) atoms. The molecule has 1 unspecified atom stereocenters. The second-order valence-corrected chi connectivity index (χ2v) is 5.32. The Morgan fingerprint density at radius 3 is 2.81 bits per heavy atom. The van der Waals surface area contributed by atoms with E-state index in [0.29, 0.717) is 13.0 Å². The van der Waals surface area contributed by atoms with Crippen molar-refractivity contribution < 1.29 is 18.7 Å². The fourth-order valence-corrected chi connectivity index (χ4v) is 2.95. The third-order valence-corrected chi connectivity index (χ3v) is 4.06. The fourth-order valence-electron chi connectivity index (χ4n) is 2.95. The summed E-state index contributed by atoms with van der Waals surface area (Å²) in [6, 6.07) is 4.80. The highest BCUT2D eigenvalue weighted by molar-refractivity contribution is 5.85. The molecule has 0 bridgehead atoms. The lowest BCUT2D eigenvalue weighted by Gasteiger charge is -2.35. The SMILES string of the molecule is COCC1(C(N)=O)CCCN1Cc1ccc(OC)c(F)c1. The minimum absolute atomic E-state index is 0.207. The van der Waals surface area contributed by atoms with Crippen molar-refractivity contribution in [3.05, 3.63) is 29.6 Å². The van der Waals surface area contributed by atoms with E-state index < -0.39 is 17.3 Å². The number of halogens is 1. The zero-order valence-corrected chi connectivity index (χ0v) is 12.4. The van der Waals surface area contributed by atoms with Crippen molar-refractivity contribution in [3.8, 4) is 5.75 Å².